The Morgan fingerprint density at radius 1 is 1.24 bits per heavy atom. The van der Waals surface area contributed by atoms with Crippen LogP contribution in [0.25, 0.3) is 0 Å². The molecule has 1 amide bonds. The van der Waals surface area contributed by atoms with Gasteiger partial charge >= 0.3 is 0 Å². The monoisotopic (exact) mass is 285 g/mol. The Kier molecular flexibility index (Phi) is 3.14. The van der Waals surface area contributed by atoms with Gasteiger partial charge in [0.25, 0.3) is 0 Å². The molecule has 0 spiro atoms. The first-order chi connectivity index (χ1) is 10.3. The number of hydrogen-bond donors (Lipinski definition) is 2. The number of anilines is 2. The fourth-order valence-corrected chi connectivity index (χ4v) is 4.44. The molecule has 3 atom stereocenters. The molecule has 1 aliphatic carbocycles. The molecule has 2 N–H and O–H groups in total. The first-order valence-electron chi connectivity index (χ1n) is 8.16. The van der Waals surface area contributed by atoms with E-state index in [-0.39, 0.29) is 11.9 Å². The normalized spacial score (nSPS) is 31.0. The van der Waals surface area contributed by atoms with Gasteiger partial charge in [-0.3, -0.25) is 4.79 Å². The Balaban J connectivity index is 1.63. The lowest BCUT2D eigenvalue weighted by Gasteiger charge is -2.33. The Labute approximate surface area is 125 Å². The number of hydrogen-bond acceptors (Lipinski definition) is 3. The molecule has 0 aromatic heterocycles. The third-order valence-electron chi connectivity index (χ3n) is 5.50. The van der Waals surface area contributed by atoms with Crippen molar-refractivity contribution in [2.75, 3.05) is 23.8 Å². The highest BCUT2D eigenvalue weighted by Crippen LogP contribution is 2.41. The number of rotatable bonds is 2. The lowest BCUT2D eigenvalue weighted by Crippen LogP contribution is -2.34. The second-order valence-corrected chi connectivity index (χ2v) is 6.58. The minimum atomic E-state index is -0.199. The van der Waals surface area contributed by atoms with Crippen LogP contribution in [0.1, 0.15) is 43.7 Å². The van der Waals surface area contributed by atoms with E-state index in [1.807, 2.05) is 7.05 Å². The van der Waals surface area contributed by atoms with Crippen LogP contribution in [0, 0.1) is 5.92 Å². The highest BCUT2D eigenvalue weighted by Gasteiger charge is 2.36. The zero-order valence-corrected chi connectivity index (χ0v) is 12.6. The van der Waals surface area contributed by atoms with Crippen molar-refractivity contribution < 1.29 is 4.79 Å². The lowest BCUT2D eigenvalue weighted by molar-refractivity contribution is -0.117. The molecule has 3 unspecified atom stereocenters. The van der Waals surface area contributed by atoms with Gasteiger partial charge in [-0.15, -0.1) is 0 Å². The number of likely N-dealkylation sites (N-methyl/N-ethyl adjacent to an activating group) is 1. The van der Waals surface area contributed by atoms with Gasteiger partial charge in [0.05, 0.1) is 0 Å². The third kappa shape index (κ3) is 2.04. The molecule has 4 nitrogen and oxygen atoms in total. The minimum absolute atomic E-state index is 0.0571. The number of amides is 1. The number of carbonyl (C=O) groups is 1. The van der Waals surface area contributed by atoms with Crippen molar-refractivity contribution in [2.45, 2.75) is 44.2 Å². The molecular weight excluding hydrogens is 262 g/mol. The summed E-state index contributed by atoms with van der Waals surface area (Å²) in [5.41, 5.74) is 3.34. The van der Waals surface area contributed by atoms with Gasteiger partial charge in [0.1, 0.15) is 6.04 Å². The van der Waals surface area contributed by atoms with Crippen LogP contribution >= 0.6 is 0 Å². The van der Waals surface area contributed by atoms with Crippen LogP contribution < -0.4 is 15.5 Å². The Bertz CT molecular complexity index is 571. The van der Waals surface area contributed by atoms with Crippen molar-refractivity contribution in [3.63, 3.8) is 0 Å². The minimum Gasteiger partial charge on any atom is -0.368 e. The van der Waals surface area contributed by atoms with E-state index in [1.165, 1.54) is 37.8 Å². The predicted octanol–water partition coefficient (Wildman–Crippen LogP) is 2.67. The highest BCUT2D eigenvalue weighted by atomic mass is 16.2. The quantitative estimate of drug-likeness (QED) is 0.878. The van der Waals surface area contributed by atoms with E-state index >= 15 is 0 Å². The fraction of sp³-hybridized carbons (Fsp3) is 0.588. The van der Waals surface area contributed by atoms with Crippen LogP contribution in [0.2, 0.25) is 0 Å². The molecule has 0 bridgehead atoms. The summed E-state index contributed by atoms with van der Waals surface area (Å²) in [6, 6.07) is 6.99. The first kappa shape index (κ1) is 13.1. The van der Waals surface area contributed by atoms with Gasteiger partial charge in [0.2, 0.25) is 5.91 Å². The van der Waals surface area contributed by atoms with Gasteiger partial charge in [0, 0.05) is 29.5 Å². The number of nitrogens with one attached hydrogen (secondary N) is 2. The predicted molar refractivity (Wildman–Crippen MR) is 84.6 cm³/mol. The summed E-state index contributed by atoms with van der Waals surface area (Å²) in [6.07, 6.45) is 6.81. The maximum atomic E-state index is 11.9. The summed E-state index contributed by atoms with van der Waals surface area (Å²) in [7, 11) is 1.83. The average molecular weight is 285 g/mol. The van der Waals surface area contributed by atoms with Crippen molar-refractivity contribution in [1.29, 1.82) is 0 Å². The van der Waals surface area contributed by atoms with Crippen LogP contribution in [0.5, 0.6) is 0 Å². The van der Waals surface area contributed by atoms with E-state index in [2.05, 4.69) is 33.7 Å². The Morgan fingerprint density at radius 2 is 2.10 bits per heavy atom. The number of carbonyl (C=O) groups excluding carboxylic acids is 1. The Morgan fingerprint density at radius 3 is 2.95 bits per heavy atom. The molecule has 2 fully saturated rings. The molecular formula is C17H23N3O. The van der Waals surface area contributed by atoms with E-state index < -0.39 is 0 Å². The summed E-state index contributed by atoms with van der Waals surface area (Å²) in [6.45, 7) is 1.16. The number of benzene rings is 1. The zero-order chi connectivity index (χ0) is 14.4. The number of fused-ring (bicyclic) bond motifs is 2. The summed E-state index contributed by atoms with van der Waals surface area (Å²) in [4.78, 5) is 14.5. The molecule has 1 saturated carbocycles. The second kappa shape index (κ2) is 5.02. The maximum Gasteiger partial charge on any atom is 0.246 e. The van der Waals surface area contributed by atoms with E-state index in [1.54, 1.807) is 0 Å². The number of nitrogens with zero attached hydrogens (tertiary/aromatic N) is 1. The van der Waals surface area contributed by atoms with E-state index in [9.17, 15) is 4.79 Å². The average Bonchev–Trinajstić information content (AvgIpc) is 3.06. The van der Waals surface area contributed by atoms with Crippen molar-refractivity contribution in [3.8, 4) is 0 Å². The summed E-state index contributed by atoms with van der Waals surface area (Å²) in [5.74, 6) is 0.938. The van der Waals surface area contributed by atoms with E-state index in [0.29, 0.717) is 6.04 Å². The topological polar surface area (TPSA) is 44.4 Å². The van der Waals surface area contributed by atoms with Crippen molar-refractivity contribution in [3.05, 3.63) is 23.8 Å². The summed E-state index contributed by atoms with van der Waals surface area (Å²) >= 11 is 0. The largest absolute Gasteiger partial charge is 0.368 e. The van der Waals surface area contributed by atoms with E-state index in [4.69, 9.17) is 0 Å². The molecule has 1 aromatic rings. The molecule has 3 aliphatic rings. The molecule has 2 heterocycles. The smallest absolute Gasteiger partial charge is 0.246 e. The molecule has 21 heavy (non-hydrogen) atoms. The molecule has 2 aliphatic heterocycles. The highest BCUT2D eigenvalue weighted by molar-refractivity contribution is 6.03. The maximum absolute atomic E-state index is 11.9. The van der Waals surface area contributed by atoms with Gasteiger partial charge in [-0.05, 0) is 44.4 Å². The third-order valence-corrected chi connectivity index (χ3v) is 5.50. The second-order valence-electron chi connectivity index (χ2n) is 6.58. The summed E-state index contributed by atoms with van der Waals surface area (Å²) in [5, 5.41) is 6.08. The molecule has 112 valence electrons. The molecule has 1 saturated heterocycles. The molecule has 1 aromatic carbocycles. The van der Waals surface area contributed by atoms with Crippen molar-refractivity contribution in [2.24, 2.45) is 5.92 Å². The van der Waals surface area contributed by atoms with Crippen molar-refractivity contribution in [1.82, 2.24) is 5.32 Å². The van der Waals surface area contributed by atoms with Crippen LogP contribution in [-0.4, -0.2) is 25.5 Å². The lowest BCUT2D eigenvalue weighted by atomic mass is 9.85. The van der Waals surface area contributed by atoms with Gasteiger partial charge in [-0.2, -0.15) is 0 Å². The molecule has 0 radical (unpaired) electrons. The first-order valence-corrected chi connectivity index (χ1v) is 8.16. The van der Waals surface area contributed by atoms with Gasteiger partial charge in [0.15, 0.2) is 0 Å². The molecule has 4 rings (SSSR count). The zero-order valence-electron chi connectivity index (χ0n) is 12.6. The van der Waals surface area contributed by atoms with Crippen LogP contribution in [-0.2, 0) is 4.79 Å². The SMILES string of the molecule is CNC1C(=O)Nc2cc(N3CCC4CCCCC43)ccc21. The Hall–Kier alpha value is -1.55. The fourth-order valence-electron chi connectivity index (χ4n) is 4.44. The van der Waals surface area contributed by atoms with Crippen LogP contribution in [0.15, 0.2) is 18.2 Å². The van der Waals surface area contributed by atoms with Crippen LogP contribution in [0.4, 0.5) is 11.4 Å². The molecule has 4 heteroatoms. The van der Waals surface area contributed by atoms with E-state index in [0.717, 1.165) is 23.7 Å². The van der Waals surface area contributed by atoms with Crippen molar-refractivity contribution >= 4 is 17.3 Å². The van der Waals surface area contributed by atoms with Crippen LogP contribution in [0.3, 0.4) is 0 Å². The van der Waals surface area contributed by atoms with Gasteiger partial charge < -0.3 is 15.5 Å². The van der Waals surface area contributed by atoms with Gasteiger partial charge in [-0.1, -0.05) is 18.9 Å². The standard InChI is InChI=1S/C17H23N3O/c1-18-16-13-7-6-12(10-14(13)19-17(16)21)20-9-8-11-4-2-3-5-15(11)20/h6-7,10-11,15-16,18H,2-5,8-9H2,1H3,(H,19,21). The summed E-state index contributed by atoms with van der Waals surface area (Å²) < 4.78 is 0. The van der Waals surface area contributed by atoms with Gasteiger partial charge in [-0.25, -0.2) is 0 Å².